The van der Waals surface area contributed by atoms with E-state index in [0.717, 1.165) is 41.9 Å². The third-order valence-electron chi connectivity index (χ3n) is 2.88. The van der Waals surface area contributed by atoms with Crippen LogP contribution in [-0.2, 0) is 0 Å². The van der Waals surface area contributed by atoms with Crippen molar-refractivity contribution in [1.29, 1.82) is 0 Å². The Kier molecular flexibility index (Phi) is 5.18. The van der Waals surface area contributed by atoms with Crippen LogP contribution in [0.1, 0.15) is 6.42 Å². The highest BCUT2D eigenvalue weighted by Gasteiger charge is 2.16. The average Bonchev–Trinajstić information content (AvgIpc) is 2.56. The Morgan fingerprint density at radius 2 is 1.88 bits per heavy atom. The van der Waals surface area contributed by atoms with Crippen molar-refractivity contribution in [3.05, 3.63) is 16.9 Å². The second-order valence-corrected chi connectivity index (χ2v) is 5.78. The van der Waals surface area contributed by atoms with Crippen LogP contribution in [-0.4, -0.2) is 52.9 Å². The summed E-state index contributed by atoms with van der Waals surface area (Å²) in [6.45, 7) is 5.42. The molecule has 1 aliphatic rings. The molecule has 1 aromatic heterocycles. The van der Waals surface area contributed by atoms with E-state index in [9.17, 15) is 0 Å². The number of rotatable bonds is 3. The molecule has 0 atom stereocenters. The average molecular weight is 364 g/mol. The summed E-state index contributed by atoms with van der Waals surface area (Å²) in [6, 6.07) is 0. The topological polar surface area (TPSA) is 32.3 Å². The highest BCUT2D eigenvalue weighted by molar-refractivity contribution is 9.10. The van der Waals surface area contributed by atoms with Crippen molar-refractivity contribution in [2.45, 2.75) is 6.42 Å². The molecule has 0 bridgehead atoms. The number of halogens is 2. The van der Waals surface area contributed by atoms with E-state index in [2.05, 4.69) is 51.6 Å². The Hall–Kier alpha value is -0.200. The van der Waals surface area contributed by atoms with Gasteiger partial charge in [-0.25, -0.2) is 9.97 Å². The van der Waals surface area contributed by atoms with Crippen molar-refractivity contribution in [3.63, 3.8) is 0 Å². The van der Waals surface area contributed by atoms with E-state index in [4.69, 9.17) is 0 Å². The van der Waals surface area contributed by atoms with Gasteiger partial charge in [-0.05, 0) is 28.9 Å². The summed E-state index contributed by atoms with van der Waals surface area (Å²) in [6.07, 6.45) is 4.79. The van der Waals surface area contributed by atoms with Gasteiger partial charge in [-0.2, -0.15) is 0 Å². The molecule has 1 aromatic rings. The molecule has 4 nitrogen and oxygen atoms in total. The van der Waals surface area contributed by atoms with Crippen molar-refractivity contribution in [2.24, 2.45) is 0 Å². The monoisotopic (exact) mass is 362 g/mol. The summed E-state index contributed by atoms with van der Waals surface area (Å²) in [5.41, 5.74) is 0. The van der Waals surface area contributed by atoms with Crippen molar-refractivity contribution >= 4 is 37.8 Å². The van der Waals surface area contributed by atoms with Crippen molar-refractivity contribution in [2.75, 3.05) is 43.0 Å². The Labute approximate surface area is 119 Å². The lowest BCUT2D eigenvalue weighted by atomic mass is 10.4. The highest BCUT2D eigenvalue weighted by atomic mass is 79.9. The molecule has 1 saturated heterocycles. The minimum absolute atomic E-state index is 0.842. The Balaban J connectivity index is 1.96. The summed E-state index contributed by atoms with van der Waals surface area (Å²) in [7, 11) is 0. The van der Waals surface area contributed by atoms with Gasteiger partial charge in [0.1, 0.15) is 0 Å². The minimum atomic E-state index is 0.842. The van der Waals surface area contributed by atoms with Gasteiger partial charge in [0.05, 0.1) is 4.47 Å². The largest absolute Gasteiger partial charge is 0.339 e. The van der Waals surface area contributed by atoms with Gasteiger partial charge in [-0.3, -0.25) is 0 Å². The lowest BCUT2D eigenvalue weighted by Gasteiger charge is -2.21. The number of aromatic nitrogens is 2. The van der Waals surface area contributed by atoms with Gasteiger partial charge in [0, 0.05) is 43.9 Å². The number of anilines is 1. The van der Waals surface area contributed by atoms with E-state index in [0.29, 0.717) is 0 Å². The van der Waals surface area contributed by atoms with Crippen LogP contribution in [0.15, 0.2) is 16.9 Å². The molecule has 6 heteroatoms. The quantitative estimate of drug-likeness (QED) is 0.770. The number of nitrogens with zero attached hydrogens (tertiary/aromatic N) is 4. The van der Waals surface area contributed by atoms with Crippen molar-refractivity contribution in [3.8, 4) is 0 Å². The fourth-order valence-electron chi connectivity index (χ4n) is 1.98. The van der Waals surface area contributed by atoms with Gasteiger partial charge >= 0.3 is 0 Å². The molecule has 0 saturated carbocycles. The maximum Gasteiger partial charge on any atom is 0.225 e. The van der Waals surface area contributed by atoms with Gasteiger partial charge in [0.15, 0.2) is 0 Å². The molecule has 0 N–H and O–H groups in total. The van der Waals surface area contributed by atoms with Crippen LogP contribution in [0.4, 0.5) is 5.95 Å². The summed E-state index contributed by atoms with van der Waals surface area (Å²) >= 11 is 6.85. The normalized spacial score (nSPS) is 18.1. The van der Waals surface area contributed by atoms with Gasteiger partial charge in [0.25, 0.3) is 0 Å². The van der Waals surface area contributed by atoms with E-state index < -0.39 is 0 Å². The first kappa shape index (κ1) is 13.2. The molecule has 2 heterocycles. The predicted molar refractivity (Wildman–Crippen MR) is 76.8 cm³/mol. The van der Waals surface area contributed by atoms with Gasteiger partial charge in [0.2, 0.25) is 5.95 Å². The summed E-state index contributed by atoms with van der Waals surface area (Å²) in [5.74, 6) is 0.842. The molecular formula is C11H16Br2N4. The Bertz CT molecular complexity index is 344. The molecule has 0 aromatic carbocycles. The van der Waals surface area contributed by atoms with E-state index in [1.54, 1.807) is 0 Å². The van der Waals surface area contributed by atoms with Gasteiger partial charge in [-0.15, -0.1) is 0 Å². The van der Waals surface area contributed by atoms with Crippen LogP contribution < -0.4 is 4.90 Å². The lowest BCUT2D eigenvalue weighted by Crippen LogP contribution is -2.32. The zero-order valence-electron chi connectivity index (χ0n) is 9.65. The SMILES string of the molecule is BrCCN1CCCN(c2ncc(Br)cn2)CC1. The summed E-state index contributed by atoms with van der Waals surface area (Å²) in [4.78, 5) is 13.5. The zero-order chi connectivity index (χ0) is 12.1. The maximum absolute atomic E-state index is 4.35. The van der Waals surface area contributed by atoms with E-state index in [1.165, 1.54) is 13.0 Å². The second kappa shape index (κ2) is 6.66. The smallest absolute Gasteiger partial charge is 0.225 e. The fourth-order valence-corrected chi connectivity index (χ4v) is 2.69. The summed E-state index contributed by atoms with van der Waals surface area (Å²) in [5, 5.41) is 1.04. The Morgan fingerprint density at radius 1 is 1.12 bits per heavy atom. The van der Waals surface area contributed by atoms with Gasteiger partial charge in [-0.1, -0.05) is 15.9 Å². The van der Waals surface area contributed by atoms with Crippen LogP contribution in [0.3, 0.4) is 0 Å². The van der Waals surface area contributed by atoms with Crippen molar-refractivity contribution < 1.29 is 0 Å². The molecule has 0 amide bonds. The predicted octanol–water partition coefficient (Wildman–Crippen LogP) is 2.15. The molecule has 0 spiro atoms. The van der Waals surface area contributed by atoms with Crippen LogP contribution >= 0.6 is 31.9 Å². The highest BCUT2D eigenvalue weighted by Crippen LogP contribution is 2.13. The minimum Gasteiger partial charge on any atom is -0.339 e. The lowest BCUT2D eigenvalue weighted by molar-refractivity contribution is 0.313. The molecule has 17 heavy (non-hydrogen) atoms. The molecule has 94 valence electrons. The third-order valence-corrected chi connectivity index (χ3v) is 3.64. The fraction of sp³-hybridized carbons (Fsp3) is 0.636. The van der Waals surface area contributed by atoms with E-state index in [1.807, 2.05) is 12.4 Å². The molecule has 2 rings (SSSR count). The third kappa shape index (κ3) is 3.89. The maximum atomic E-state index is 4.35. The summed E-state index contributed by atoms with van der Waals surface area (Å²) < 4.78 is 0.928. The van der Waals surface area contributed by atoms with E-state index in [-0.39, 0.29) is 0 Å². The first-order chi connectivity index (χ1) is 8.29. The number of alkyl halides is 1. The molecule has 1 aliphatic heterocycles. The first-order valence-electron chi connectivity index (χ1n) is 5.80. The molecule has 1 fully saturated rings. The van der Waals surface area contributed by atoms with Crippen LogP contribution in [0.5, 0.6) is 0 Å². The second-order valence-electron chi connectivity index (χ2n) is 4.07. The van der Waals surface area contributed by atoms with Crippen LogP contribution in [0.25, 0.3) is 0 Å². The van der Waals surface area contributed by atoms with Crippen LogP contribution in [0, 0.1) is 0 Å². The number of hydrogen-bond acceptors (Lipinski definition) is 4. The number of hydrogen-bond donors (Lipinski definition) is 0. The van der Waals surface area contributed by atoms with E-state index >= 15 is 0 Å². The molecular weight excluding hydrogens is 348 g/mol. The van der Waals surface area contributed by atoms with Gasteiger partial charge < -0.3 is 9.80 Å². The van der Waals surface area contributed by atoms with Crippen molar-refractivity contribution in [1.82, 2.24) is 14.9 Å². The molecule has 0 aliphatic carbocycles. The molecule has 0 unspecified atom stereocenters. The first-order valence-corrected chi connectivity index (χ1v) is 7.72. The zero-order valence-corrected chi connectivity index (χ0v) is 12.8. The van der Waals surface area contributed by atoms with Crippen LogP contribution in [0.2, 0.25) is 0 Å². The Morgan fingerprint density at radius 3 is 2.59 bits per heavy atom. The molecule has 0 radical (unpaired) electrons. The standard InChI is InChI=1S/C11H16Br2N4/c12-2-5-16-3-1-4-17(7-6-16)11-14-8-10(13)9-15-11/h8-9H,1-7H2.